The van der Waals surface area contributed by atoms with Crippen molar-refractivity contribution in [1.29, 1.82) is 0 Å². The lowest BCUT2D eigenvalue weighted by Crippen LogP contribution is -2.28. The van der Waals surface area contributed by atoms with E-state index in [1.54, 1.807) is 36.4 Å². The number of alkyl halides is 3. The second kappa shape index (κ2) is 4.84. The molecule has 114 valence electrons. The summed E-state index contributed by atoms with van der Waals surface area (Å²) in [4.78, 5) is 4.27. The molecule has 2 aromatic carbocycles. The molecule has 1 heterocycles. The first-order valence-electron chi connectivity index (χ1n) is 6.08. The van der Waals surface area contributed by atoms with Gasteiger partial charge in [-0.2, -0.15) is 21.6 Å². The molecule has 3 rings (SSSR count). The first-order chi connectivity index (χ1) is 10.3. The number of nitrogens with zero attached hydrogens (tertiary/aromatic N) is 1. The number of para-hydroxylation sites is 2. The zero-order valence-electron chi connectivity index (χ0n) is 10.8. The second-order valence-corrected chi connectivity index (χ2v) is 6.00. The SMILES string of the molecule is O=S(=O)(Oc1c2ccccc2nc2ccccc12)C(F)(F)F. The van der Waals surface area contributed by atoms with E-state index in [1.165, 1.54) is 12.1 Å². The van der Waals surface area contributed by atoms with Gasteiger partial charge >= 0.3 is 15.6 Å². The molecule has 0 radical (unpaired) electrons. The second-order valence-electron chi connectivity index (χ2n) is 4.46. The molecule has 0 aliphatic heterocycles. The molecule has 0 N–H and O–H groups in total. The van der Waals surface area contributed by atoms with E-state index in [0.29, 0.717) is 11.0 Å². The lowest BCUT2D eigenvalue weighted by atomic mass is 10.1. The van der Waals surface area contributed by atoms with Gasteiger partial charge in [-0.15, -0.1) is 0 Å². The fraction of sp³-hybridized carbons (Fsp3) is 0.0714. The topological polar surface area (TPSA) is 56.3 Å². The summed E-state index contributed by atoms with van der Waals surface area (Å²) >= 11 is 0. The van der Waals surface area contributed by atoms with Crippen LogP contribution in [0.15, 0.2) is 48.5 Å². The van der Waals surface area contributed by atoms with Gasteiger partial charge in [0, 0.05) is 10.8 Å². The molecule has 0 saturated carbocycles. The van der Waals surface area contributed by atoms with Gasteiger partial charge in [0.05, 0.1) is 11.0 Å². The van der Waals surface area contributed by atoms with Gasteiger partial charge in [0.15, 0.2) is 5.75 Å². The van der Waals surface area contributed by atoms with Crippen molar-refractivity contribution in [3.8, 4) is 5.75 Å². The number of aromatic nitrogens is 1. The highest BCUT2D eigenvalue weighted by Crippen LogP contribution is 2.36. The minimum atomic E-state index is -5.76. The predicted molar refractivity (Wildman–Crippen MR) is 74.9 cm³/mol. The average molecular weight is 327 g/mol. The van der Waals surface area contributed by atoms with Crippen molar-refractivity contribution in [2.24, 2.45) is 0 Å². The third kappa shape index (κ3) is 2.35. The molecule has 0 spiro atoms. The Balaban J connectivity index is 2.34. The smallest absolute Gasteiger partial charge is 0.375 e. The number of fused-ring (bicyclic) bond motifs is 2. The summed E-state index contributed by atoms with van der Waals surface area (Å²) in [7, 11) is -5.76. The number of halogens is 3. The highest BCUT2D eigenvalue weighted by Gasteiger charge is 2.49. The van der Waals surface area contributed by atoms with Crippen LogP contribution < -0.4 is 4.18 Å². The Hall–Kier alpha value is -2.35. The van der Waals surface area contributed by atoms with Crippen LogP contribution in [0.1, 0.15) is 0 Å². The molecule has 0 amide bonds. The van der Waals surface area contributed by atoms with Gasteiger partial charge in [0.25, 0.3) is 0 Å². The summed E-state index contributed by atoms with van der Waals surface area (Å²) < 4.78 is 64.9. The van der Waals surface area contributed by atoms with Gasteiger partial charge < -0.3 is 4.18 Å². The first kappa shape index (κ1) is 14.6. The number of pyridine rings is 1. The summed E-state index contributed by atoms with van der Waals surface area (Å²) in [6, 6.07) is 12.5. The molecule has 0 aliphatic carbocycles. The maximum absolute atomic E-state index is 12.6. The third-order valence-electron chi connectivity index (χ3n) is 3.01. The lowest BCUT2D eigenvalue weighted by molar-refractivity contribution is -0.0499. The number of benzene rings is 2. The van der Waals surface area contributed by atoms with Gasteiger partial charge in [-0.1, -0.05) is 24.3 Å². The van der Waals surface area contributed by atoms with Crippen LogP contribution in [0, 0.1) is 0 Å². The van der Waals surface area contributed by atoms with Crippen LogP contribution in [0.4, 0.5) is 13.2 Å². The van der Waals surface area contributed by atoms with Gasteiger partial charge in [-0.25, -0.2) is 4.98 Å². The maximum Gasteiger partial charge on any atom is 0.534 e. The van der Waals surface area contributed by atoms with Crippen molar-refractivity contribution < 1.29 is 25.8 Å². The van der Waals surface area contributed by atoms with E-state index in [2.05, 4.69) is 9.17 Å². The van der Waals surface area contributed by atoms with Crippen LogP contribution in [0.25, 0.3) is 21.8 Å². The third-order valence-corrected chi connectivity index (χ3v) is 3.97. The van der Waals surface area contributed by atoms with Crippen molar-refractivity contribution in [3.63, 3.8) is 0 Å². The lowest BCUT2D eigenvalue weighted by Gasteiger charge is -2.13. The molecule has 0 aliphatic rings. The van der Waals surface area contributed by atoms with E-state index in [-0.39, 0.29) is 16.5 Å². The zero-order chi connectivity index (χ0) is 16.0. The van der Waals surface area contributed by atoms with Crippen molar-refractivity contribution in [1.82, 2.24) is 4.98 Å². The highest BCUT2D eigenvalue weighted by molar-refractivity contribution is 7.88. The molecule has 22 heavy (non-hydrogen) atoms. The van der Waals surface area contributed by atoms with E-state index in [9.17, 15) is 21.6 Å². The number of hydrogen-bond donors (Lipinski definition) is 0. The van der Waals surface area contributed by atoms with Crippen molar-refractivity contribution >= 4 is 31.9 Å². The van der Waals surface area contributed by atoms with Crippen LogP contribution in [0.2, 0.25) is 0 Å². The number of hydrogen-bond acceptors (Lipinski definition) is 4. The Kier molecular flexibility index (Phi) is 3.21. The van der Waals surface area contributed by atoms with E-state index in [0.717, 1.165) is 0 Å². The molecule has 1 aromatic heterocycles. The Morgan fingerprint density at radius 3 is 1.77 bits per heavy atom. The fourth-order valence-electron chi connectivity index (χ4n) is 2.05. The van der Waals surface area contributed by atoms with E-state index >= 15 is 0 Å². The van der Waals surface area contributed by atoms with Gasteiger partial charge in [0.2, 0.25) is 0 Å². The Labute approximate surface area is 123 Å². The molecule has 4 nitrogen and oxygen atoms in total. The van der Waals surface area contributed by atoms with E-state index < -0.39 is 15.6 Å². The Morgan fingerprint density at radius 2 is 1.32 bits per heavy atom. The van der Waals surface area contributed by atoms with Crippen molar-refractivity contribution in [2.75, 3.05) is 0 Å². The Morgan fingerprint density at radius 1 is 0.864 bits per heavy atom. The first-order valence-corrected chi connectivity index (χ1v) is 7.49. The summed E-state index contributed by atoms with van der Waals surface area (Å²) in [6.45, 7) is 0. The van der Waals surface area contributed by atoms with Crippen LogP contribution >= 0.6 is 0 Å². The Bertz CT molecular complexity index is 914. The normalized spacial score (nSPS) is 12.7. The monoisotopic (exact) mass is 327 g/mol. The maximum atomic E-state index is 12.6. The fourth-order valence-corrected chi connectivity index (χ4v) is 2.54. The summed E-state index contributed by atoms with van der Waals surface area (Å²) in [6.07, 6.45) is 0. The molecule has 0 atom stereocenters. The zero-order valence-corrected chi connectivity index (χ0v) is 11.6. The number of rotatable bonds is 2. The molecule has 0 unspecified atom stereocenters. The molecule has 0 saturated heterocycles. The van der Waals surface area contributed by atoms with Crippen LogP contribution in [-0.2, 0) is 10.1 Å². The van der Waals surface area contributed by atoms with Crippen LogP contribution in [0.5, 0.6) is 5.75 Å². The molecule has 8 heteroatoms. The van der Waals surface area contributed by atoms with Gasteiger partial charge in [-0.05, 0) is 24.3 Å². The largest absolute Gasteiger partial charge is 0.534 e. The summed E-state index contributed by atoms with van der Waals surface area (Å²) in [5.41, 5.74) is -4.82. The van der Waals surface area contributed by atoms with Crippen LogP contribution in [0.3, 0.4) is 0 Å². The molecule has 0 fully saturated rings. The predicted octanol–water partition coefficient (Wildman–Crippen LogP) is 3.62. The van der Waals surface area contributed by atoms with Gasteiger partial charge in [-0.3, -0.25) is 0 Å². The summed E-state index contributed by atoms with van der Waals surface area (Å²) in [5, 5.41) is 0.378. The quantitative estimate of drug-likeness (QED) is 0.410. The molecular weight excluding hydrogens is 319 g/mol. The summed E-state index contributed by atoms with van der Waals surface area (Å²) in [5.74, 6) is -0.376. The van der Waals surface area contributed by atoms with E-state index in [4.69, 9.17) is 0 Å². The molecule has 0 bridgehead atoms. The van der Waals surface area contributed by atoms with Gasteiger partial charge in [0.1, 0.15) is 0 Å². The highest BCUT2D eigenvalue weighted by atomic mass is 32.2. The minimum Gasteiger partial charge on any atom is -0.375 e. The molecular formula is C14H8F3NO3S. The van der Waals surface area contributed by atoms with Crippen molar-refractivity contribution in [2.45, 2.75) is 5.51 Å². The van der Waals surface area contributed by atoms with E-state index in [1.807, 2.05) is 0 Å². The molecule has 3 aromatic rings. The van der Waals surface area contributed by atoms with Crippen LogP contribution in [-0.4, -0.2) is 18.9 Å². The minimum absolute atomic E-state index is 0.189. The average Bonchev–Trinajstić information content (AvgIpc) is 2.45. The van der Waals surface area contributed by atoms with Crippen molar-refractivity contribution in [3.05, 3.63) is 48.5 Å². The standard InChI is InChI=1S/C14H8F3NO3S/c15-14(16,17)22(19,20)21-13-9-5-1-3-7-11(9)18-12-8-4-2-6-10(12)13/h1-8H.